The molecule has 15 heavy (non-hydrogen) atoms. The molecule has 2 nitrogen and oxygen atoms in total. The van der Waals surface area contributed by atoms with Crippen molar-refractivity contribution in [3.8, 4) is 11.8 Å². The number of nitrogens with one attached hydrogen (secondary N) is 1. The maximum absolute atomic E-state index is 8.79. The smallest absolute Gasteiger partial charge is 0.0580 e. The Kier molecular flexibility index (Phi) is 5.54. The van der Waals surface area contributed by atoms with Crippen LogP contribution in [-0.2, 0) is 0 Å². The van der Waals surface area contributed by atoms with Crippen LogP contribution in [0.2, 0.25) is 0 Å². The quantitative estimate of drug-likeness (QED) is 0.570. The Morgan fingerprint density at radius 2 is 2.07 bits per heavy atom. The van der Waals surface area contributed by atoms with Gasteiger partial charge in [-0.25, -0.2) is 0 Å². The van der Waals surface area contributed by atoms with Crippen LogP contribution in [0.3, 0.4) is 0 Å². The predicted octanol–water partition coefficient (Wildman–Crippen LogP) is 1.26. The van der Waals surface area contributed by atoms with Gasteiger partial charge in [0.05, 0.1) is 6.54 Å². The summed E-state index contributed by atoms with van der Waals surface area (Å²) in [5, 5.41) is 12.0. The van der Waals surface area contributed by atoms with Gasteiger partial charge in [0.25, 0.3) is 0 Å². The molecule has 2 N–H and O–H groups in total. The van der Waals surface area contributed by atoms with Gasteiger partial charge in [-0.2, -0.15) is 0 Å². The summed E-state index contributed by atoms with van der Waals surface area (Å²) in [6.07, 6.45) is 0. The minimum absolute atomic E-state index is 0.221. The van der Waals surface area contributed by atoms with Crippen LogP contribution in [0.5, 0.6) is 0 Å². The summed E-state index contributed by atoms with van der Waals surface area (Å²) < 4.78 is 0. The molecule has 1 aromatic rings. The summed E-state index contributed by atoms with van der Waals surface area (Å²) in [5.74, 6) is 6.39. The SMILES string of the molecule is CC(CO)CNCC#Cc1ccccc1. The number of aliphatic hydroxyl groups excluding tert-OH is 1. The lowest BCUT2D eigenvalue weighted by Gasteiger charge is -2.05. The van der Waals surface area contributed by atoms with Gasteiger partial charge in [0.15, 0.2) is 0 Å². The van der Waals surface area contributed by atoms with Gasteiger partial charge in [0.2, 0.25) is 0 Å². The van der Waals surface area contributed by atoms with Gasteiger partial charge in [-0.05, 0) is 18.1 Å². The molecular weight excluding hydrogens is 186 g/mol. The molecule has 0 heterocycles. The molecule has 1 unspecified atom stereocenters. The van der Waals surface area contributed by atoms with Gasteiger partial charge in [0, 0.05) is 18.7 Å². The minimum atomic E-state index is 0.221. The third kappa shape index (κ3) is 5.21. The molecule has 80 valence electrons. The van der Waals surface area contributed by atoms with Gasteiger partial charge in [-0.15, -0.1) is 0 Å². The molecule has 0 amide bonds. The molecular formula is C13H17NO. The van der Waals surface area contributed by atoms with E-state index in [1.165, 1.54) is 0 Å². The second kappa shape index (κ2) is 7.05. The molecule has 0 aromatic heterocycles. The third-order valence-corrected chi connectivity index (χ3v) is 2.02. The van der Waals surface area contributed by atoms with Crippen molar-refractivity contribution >= 4 is 0 Å². The Bertz CT molecular complexity index is 323. The molecule has 0 aliphatic rings. The van der Waals surface area contributed by atoms with Crippen LogP contribution in [0, 0.1) is 17.8 Å². The first-order valence-electron chi connectivity index (χ1n) is 5.18. The van der Waals surface area contributed by atoms with Gasteiger partial charge < -0.3 is 10.4 Å². The zero-order valence-corrected chi connectivity index (χ0v) is 9.03. The van der Waals surface area contributed by atoms with E-state index in [1.807, 2.05) is 37.3 Å². The van der Waals surface area contributed by atoms with Crippen LogP contribution in [0.25, 0.3) is 0 Å². The molecule has 0 saturated carbocycles. The Hall–Kier alpha value is -1.30. The van der Waals surface area contributed by atoms with Crippen molar-refractivity contribution in [3.05, 3.63) is 35.9 Å². The monoisotopic (exact) mass is 203 g/mol. The standard InChI is InChI=1S/C13H17NO/c1-12(11-15)10-14-9-5-8-13-6-3-2-4-7-13/h2-4,6-7,12,14-15H,9-11H2,1H3. The van der Waals surface area contributed by atoms with Crippen molar-refractivity contribution in [1.82, 2.24) is 5.32 Å². The normalized spacial score (nSPS) is 11.6. The van der Waals surface area contributed by atoms with Crippen LogP contribution in [0.1, 0.15) is 12.5 Å². The zero-order chi connectivity index (χ0) is 10.9. The van der Waals surface area contributed by atoms with E-state index in [2.05, 4.69) is 17.2 Å². The second-order valence-electron chi connectivity index (χ2n) is 3.59. The molecule has 0 fully saturated rings. The number of rotatable bonds is 4. The maximum Gasteiger partial charge on any atom is 0.0580 e. The second-order valence-corrected chi connectivity index (χ2v) is 3.59. The summed E-state index contributed by atoms with van der Waals surface area (Å²) in [4.78, 5) is 0. The molecule has 0 radical (unpaired) electrons. The van der Waals surface area contributed by atoms with Crippen molar-refractivity contribution in [2.24, 2.45) is 5.92 Å². The summed E-state index contributed by atoms with van der Waals surface area (Å²) in [7, 11) is 0. The highest BCUT2D eigenvalue weighted by Gasteiger charge is 1.95. The molecule has 2 heteroatoms. The Morgan fingerprint density at radius 1 is 1.33 bits per heavy atom. The summed E-state index contributed by atoms with van der Waals surface area (Å²) >= 11 is 0. The topological polar surface area (TPSA) is 32.3 Å². The molecule has 0 bridgehead atoms. The van der Waals surface area contributed by atoms with Crippen LogP contribution in [0.4, 0.5) is 0 Å². The first-order valence-corrected chi connectivity index (χ1v) is 5.18. The van der Waals surface area contributed by atoms with Crippen LogP contribution in [0.15, 0.2) is 30.3 Å². The van der Waals surface area contributed by atoms with E-state index in [0.717, 1.165) is 12.1 Å². The van der Waals surface area contributed by atoms with Gasteiger partial charge in [-0.3, -0.25) is 0 Å². The summed E-state index contributed by atoms with van der Waals surface area (Å²) in [5.41, 5.74) is 1.04. The molecule has 0 aliphatic carbocycles. The molecule has 1 rings (SSSR count). The van der Waals surface area contributed by atoms with E-state index in [4.69, 9.17) is 5.11 Å². The fourth-order valence-corrected chi connectivity index (χ4v) is 1.11. The lowest BCUT2D eigenvalue weighted by molar-refractivity contribution is 0.235. The van der Waals surface area contributed by atoms with E-state index < -0.39 is 0 Å². The predicted molar refractivity (Wildman–Crippen MR) is 62.4 cm³/mol. The van der Waals surface area contributed by atoms with Crippen molar-refractivity contribution in [2.45, 2.75) is 6.92 Å². The van der Waals surface area contributed by atoms with Crippen LogP contribution >= 0.6 is 0 Å². The number of hydrogen-bond donors (Lipinski definition) is 2. The Labute approximate surface area is 91.3 Å². The van der Waals surface area contributed by atoms with Crippen LogP contribution in [-0.4, -0.2) is 24.8 Å². The first-order chi connectivity index (χ1) is 7.33. The van der Waals surface area contributed by atoms with Crippen molar-refractivity contribution in [3.63, 3.8) is 0 Å². The molecule has 0 aliphatic heterocycles. The van der Waals surface area contributed by atoms with Gasteiger partial charge >= 0.3 is 0 Å². The fraction of sp³-hybridized carbons (Fsp3) is 0.385. The average Bonchev–Trinajstić information content (AvgIpc) is 2.29. The van der Waals surface area contributed by atoms with Crippen LogP contribution < -0.4 is 5.32 Å². The Morgan fingerprint density at radius 3 is 2.73 bits per heavy atom. The Balaban J connectivity index is 2.23. The van der Waals surface area contributed by atoms with Crippen molar-refractivity contribution < 1.29 is 5.11 Å². The molecule has 0 saturated heterocycles. The first kappa shape index (κ1) is 11.8. The third-order valence-electron chi connectivity index (χ3n) is 2.02. The molecule has 1 aromatic carbocycles. The van der Waals surface area contributed by atoms with E-state index in [9.17, 15) is 0 Å². The van der Waals surface area contributed by atoms with E-state index in [0.29, 0.717) is 12.5 Å². The van der Waals surface area contributed by atoms with Gasteiger partial charge in [0.1, 0.15) is 0 Å². The highest BCUT2D eigenvalue weighted by Crippen LogP contribution is 1.94. The maximum atomic E-state index is 8.79. The summed E-state index contributed by atoms with van der Waals surface area (Å²) in [6.45, 7) is 3.69. The number of hydrogen-bond acceptors (Lipinski definition) is 2. The zero-order valence-electron chi connectivity index (χ0n) is 9.03. The van der Waals surface area contributed by atoms with E-state index >= 15 is 0 Å². The fourth-order valence-electron chi connectivity index (χ4n) is 1.11. The molecule has 1 atom stereocenters. The molecule has 0 spiro atoms. The minimum Gasteiger partial charge on any atom is -0.396 e. The van der Waals surface area contributed by atoms with Crippen molar-refractivity contribution in [2.75, 3.05) is 19.7 Å². The lowest BCUT2D eigenvalue weighted by Crippen LogP contribution is -2.23. The highest BCUT2D eigenvalue weighted by atomic mass is 16.3. The van der Waals surface area contributed by atoms with E-state index in [-0.39, 0.29) is 6.61 Å². The lowest BCUT2D eigenvalue weighted by atomic mass is 10.2. The van der Waals surface area contributed by atoms with Gasteiger partial charge in [-0.1, -0.05) is 37.0 Å². The highest BCUT2D eigenvalue weighted by molar-refractivity contribution is 5.33. The largest absolute Gasteiger partial charge is 0.396 e. The van der Waals surface area contributed by atoms with E-state index in [1.54, 1.807) is 0 Å². The summed E-state index contributed by atoms with van der Waals surface area (Å²) in [6, 6.07) is 9.91. The number of benzene rings is 1. The number of aliphatic hydroxyl groups is 1. The van der Waals surface area contributed by atoms with Crippen molar-refractivity contribution in [1.29, 1.82) is 0 Å². The average molecular weight is 203 g/mol.